The normalized spacial score (nSPS) is 9.11. The van der Waals surface area contributed by atoms with Gasteiger partial charge in [-0.3, -0.25) is 0 Å². The van der Waals surface area contributed by atoms with Crippen molar-refractivity contribution in [3.05, 3.63) is 18.5 Å². The highest BCUT2D eigenvalue weighted by Crippen LogP contribution is 2.02. The van der Waals surface area contributed by atoms with Gasteiger partial charge in [-0.1, -0.05) is 0 Å². The maximum absolute atomic E-state index is 11.9. The standard InChI is InChI=1S/C5H5FN2O/c1-9-4-2-7-5(6)8-3-4/h2-3H,1H3. The Labute approximate surface area is 51.5 Å². The summed E-state index contributed by atoms with van der Waals surface area (Å²) in [6.45, 7) is 0. The molecule has 0 N–H and O–H groups in total. The van der Waals surface area contributed by atoms with Crippen LogP contribution in [0.2, 0.25) is 0 Å². The molecule has 1 heterocycles. The zero-order valence-electron chi connectivity index (χ0n) is 4.84. The van der Waals surface area contributed by atoms with Crippen LogP contribution in [0.3, 0.4) is 0 Å². The third-order valence-electron chi connectivity index (χ3n) is 0.832. The van der Waals surface area contributed by atoms with Gasteiger partial charge in [-0.25, -0.2) is 9.97 Å². The smallest absolute Gasteiger partial charge is 0.308 e. The SMILES string of the molecule is COc1cnc(F)nc1. The molecule has 0 saturated carbocycles. The average molecular weight is 128 g/mol. The molecule has 1 aromatic heterocycles. The molecule has 0 aromatic carbocycles. The largest absolute Gasteiger partial charge is 0.494 e. The average Bonchev–Trinajstić information content (AvgIpc) is 1.90. The molecule has 0 fully saturated rings. The van der Waals surface area contributed by atoms with E-state index in [0.717, 1.165) is 0 Å². The highest BCUT2D eigenvalue weighted by molar-refractivity contribution is 5.09. The molecule has 0 aliphatic rings. The number of halogens is 1. The first kappa shape index (κ1) is 5.94. The van der Waals surface area contributed by atoms with Gasteiger partial charge in [-0.05, 0) is 0 Å². The molecule has 0 saturated heterocycles. The molecule has 3 nitrogen and oxygen atoms in total. The highest BCUT2D eigenvalue weighted by atomic mass is 19.1. The van der Waals surface area contributed by atoms with Crippen molar-refractivity contribution in [1.29, 1.82) is 0 Å². The Kier molecular flexibility index (Phi) is 1.58. The first-order chi connectivity index (χ1) is 4.33. The Morgan fingerprint density at radius 2 is 2.00 bits per heavy atom. The van der Waals surface area contributed by atoms with E-state index in [-0.39, 0.29) is 0 Å². The fourth-order valence-corrected chi connectivity index (χ4v) is 0.406. The Balaban J connectivity index is 2.88. The first-order valence-electron chi connectivity index (χ1n) is 2.34. The van der Waals surface area contributed by atoms with Gasteiger partial charge in [0.15, 0.2) is 5.75 Å². The van der Waals surface area contributed by atoms with E-state index in [0.29, 0.717) is 5.75 Å². The van der Waals surface area contributed by atoms with Gasteiger partial charge in [-0.15, -0.1) is 0 Å². The van der Waals surface area contributed by atoms with Crippen LogP contribution >= 0.6 is 0 Å². The molecule has 0 unspecified atom stereocenters. The molecule has 9 heavy (non-hydrogen) atoms. The van der Waals surface area contributed by atoms with Gasteiger partial charge in [0.2, 0.25) is 0 Å². The minimum absolute atomic E-state index is 0.455. The molecule has 0 amide bonds. The van der Waals surface area contributed by atoms with Crippen molar-refractivity contribution in [3.63, 3.8) is 0 Å². The Morgan fingerprint density at radius 3 is 2.44 bits per heavy atom. The highest BCUT2D eigenvalue weighted by Gasteiger charge is 1.91. The van der Waals surface area contributed by atoms with Crippen molar-refractivity contribution in [2.75, 3.05) is 7.11 Å². The molecule has 1 aromatic rings. The number of methoxy groups -OCH3 is 1. The monoisotopic (exact) mass is 128 g/mol. The number of hydrogen-bond acceptors (Lipinski definition) is 3. The molecule has 0 bridgehead atoms. The van der Waals surface area contributed by atoms with Crippen LogP contribution in [0.5, 0.6) is 5.75 Å². The minimum atomic E-state index is -0.740. The van der Waals surface area contributed by atoms with Crippen molar-refractivity contribution < 1.29 is 9.13 Å². The number of rotatable bonds is 1. The minimum Gasteiger partial charge on any atom is -0.494 e. The Bertz CT molecular complexity index is 187. The lowest BCUT2D eigenvalue weighted by Gasteiger charge is -1.93. The molecule has 1 rings (SSSR count). The van der Waals surface area contributed by atoms with Gasteiger partial charge in [0, 0.05) is 0 Å². The third-order valence-corrected chi connectivity index (χ3v) is 0.832. The molecule has 4 heteroatoms. The van der Waals surface area contributed by atoms with E-state index < -0.39 is 6.08 Å². The van der Waals surface area contributed by atoms with Crippen LogP contribution in [0.4, 0.5) is 4.39 Å². The number of hydrogen-bond donors (Lipinski definition) is 0. The van der Waals surface area contributed by atoms with Gasteiger partial charge in [-0.2, -0.15) is 4.39 Å². The summed E-state index contributed by atoms with van der Waals surface area (Å²) in [4.78, 5) is 6.49. The zero-order valence-corrected chi connectivity index (χ0v) is 4.84. The van der Waals surface area contributed by atoms with Crippen LogP contribution in [0.25, 0.3) is 0 Å². The van der Waals surface area contributed by atoms with Crippen LogP contribution in [0, 0.1) is 6.08 Å². The van der Waals surface area contributed by atoms with E-state index in [1.165, 1.54) is 19.5 Å². The lowest BCUT2D eigenvalue weighted by Crippen LogP contribution is -1.89. The van der Waals surface area contributed by atoms with Crippen molar-refractivity contribution in [1.82, 2.24) is 9.97 Å². The molecule has 0 radical (unpaired) electrons. The predicted molar refractivity (Wildman–Crippen MR) is 28.5 cm³/mol. The van der Waals surface area contributed by atoms with E-state index in [1.807, 2.05) is 0 Å². The maximum Gasteiger partial charge on any atom is 0.308 e. The summed E-state index contributed by atoms with van der Waals surface area (Å²) in [5.74, 6) is 0.455. The van der Waals surface area contributed by atoms with Crippen molar-refractivity contribution >= 4 is 0 Å². The number of ether oxygens (including phenoxy) is 1. The Hall–Kier alpha value is -1.19. The molecular formula is C5H5FN2O. The second-order valence-corrected chi connectivity index (χ2v) is 1.39. The van der Waals surface area contributed by atoms with Crippen LogP contribution in [0.15, 0.2) is 12.4 Å². The molecule has 48 valence electrons. The summed E-state index contributed by atoms with van der Waals surface area (Å²) >= 11 is 0. The third kappa shape index (κ3) is 1.35. The van der Waals surface area contributed by atoms with Gasteiger partial charge in [0.25, 0.3) is 0 Å². The van der Waals surface area contributed by atoms with Crippen LogP contribution in [-0.4, -0.2) is 17.1 Å². The zero-order chi connectivity index (χ0) is 6.69. The van der Waals surface area contributed by atoms with E-state index >= 15 is 0 Å². The van der Waals surface area contributed by atoms with Gasteiger partial charge >= 0.3 is 6.08 Å². The maximum atomic E-state index is 11.9. The van der Waals surface area contributed by atoms with Crippen molar-refractivity contribution in [2.45, 2.75) is 0 Å². The van der Waals surface area contributed by atoms with Crippen LogP contribution in [0.1, 0.15) is 0 Å². The fourth-order valence-electron chi connectivity index (χ4n) is 0.406. The molecule has 0 spiro atoms. The van der Waals surface area contributed by atoms with Crippen molar-refractivity contribution in [3.8, 4) is 5.75 Å². The second-order valence-electron chi connectivity index (χ2n) is 1.39. The summed E-state index contributed by atoms with van der Waals surface area (Å²) in [5.41, 5.74) is 0. The summed E-state index contributed by atoms with van der Waals surface area (Å²) in [5, 5.41) is 0. The van der Waals surface area contributed by atoms with E-state index in [9.17, 15) is 4.39 Å². The van der Waals surface area contributed by atoms with Gasteiger partial charge in [0.05, 0.1) is 19.5 Å². The van der Waals surface area contributed by atoms with Crippen LogP contribution < -0.4 is 4.74 Å². The molecular weight excluding hydrogens is 123 g/mol. The second kappa shape index (κ2) is 2.39. The number of nitrogens with zero attached hydrogens (tertiary/aromatic N) is 2. The van der Waals surface area contributed by atoms with E-state index in [4.69, 9.17) is 0 Å². The molecule has 0 aliphatic heterocycles. The van der Waals surface area contributed by atoms with Crippen molar-refractivity contribution in [2.24, 2.45) is 0 Å². The van der Waals surface area contributed by atoms with Gasteiger partial charge in [0.1, 0.15) is 0 Å². The summed E-state index contributed by atoms with van der Waals surface area (Å²) in [6.07, 6.45) is 1.79. The summed E-state index contributed by atoms with van der Waals surface area (Å²) in [6, 6.07) is 0. The molecule has 0 atom stereocenters. The van der Waals surface area contributed by atoms with Gasteiger partial charge < -0.3 is 4.74 Å². The topological polar surface area (TPSA) is 35.0 Å². The lowest BCUT2D eigenvalue weighted by molar-refractivity contribution is 0.404. The predicted octanol–water partition coefficient (Wildman–Crippen LogP) is 0.624. The first-order valence-corrected chi connectivity index (χ1v) is 2.34. The van der Waals surface area contributed by atoms with Crippen LogP contribution in [-0.2, 0) is 0 Å². The summed E-state index contributed by atoms with van der Waals surface area (Å²) in [7, 11) is 1.47. The quantitative estimate of drug-likeness (QED) is 0.520. The lowest BCUT2D eigenvalue weighted by atomic mass is 10.6. The number of aromatic nitrogens is 2. The Morgan fingerprint density at radius 1 is 1.44 bits per heavy atom. The summed E-state index contributed by atoms with van der Waals surface area (Å²) < 4.78 is 16.6. The fraction of sp³-hybridized carbons (Fsp3) is 0.200. The van der Waals surface area contributed by atoms with E-state index in [1.54, 1.807) is 0 Å². The van der Waals surface area contributed by atoms with E-state index in [2.05, 4.69) is 14.7 Å². The molecule has 0 aliphatic carbocycles.